The molecule has 0 fully saturated rings. The Bertz CT molecular complexity index is 396. The molecule has 0 saturated carbocycles. The van der Waals surface area contributed by atoms with Crippen molar-refractivity contribution >= 4 is 17.6 Å². The second-order valence-corrected chi connectivity index (χ2v) is 4.47. The fourth-order valence-electron chi connectivity index (χ4n) is 1.55. The molecule has 0 aromatic carbocycles. The monoisotopic (exact) mass is 271 g/mol. The zero-order valence-corrected chi connectivity index (χ0v) is 11.2. The predicted molar refractivity (Wildman–Crippen MR) is 70.5 cm³/mol. The highest BCUT2D eigenvalue weighted by atomic mass is 35.5. The summed E-state index contributed by atoms with van der Waals surface area (Å²) in [6.45, 7) is 2.70. The van der Waals surface area contributed by atoms with Gasteiger partial charge in [-0.25, -0.2) is 9.78 Å². The standard InChI is InChI=1S/C13H18ClNO3/c1-2-3-4-5-6-7-18-12-9-10(13(16)17)8-11(14)15-12/h8-9H,2-7H2,1H3,(H,16,17). The molecule has 18 heavy (non-hydrogen) atoms. The molecule has 0 aliphatic carbocycles. The molecule has 0 amide bonds. The number of carbonyl (C=O) groups is 1. The topological polar surface area (TPSA) is 59.4 Å². The lowest BCUT2D eigenvalue weighted by Gasteiger charge is -2.06. The Labute approximate surface area is 112 Å². The highest BCUT2D eigenvalue weighted by Crippen LogP contribution is 2.17. The third-order valence-corrected chi connectivity index (χ3v) is 2.71. The average Bonchev–Trinajstić information content (AvgIpc) is 2.33. The third kappa shape index (κ3) is 5.36. The lowest BCUT2D eigenvalue weighted by Crippen LogP contribution is -2.02. The zero-order valence-electron chi connectivity index (χ0n) is 10.5. The molecular formula is C13H18ClNO3. The van der Waals surface area contributed by atoms with Crippen molar-refractivity contribution < 1.29 is 14.6 Å². The van der Waals surface area contributed by atoms with Crippen molar-refractivity contribution in [1.82, 2.24) is 4.98 Å². The fraction of sp³-hybridized carbons (Fsp3) is 0.538. The number of carboxylic acid groups (broad SMARTS) is 1. The number of rotatable bonds is 8. The first-order valence-electron chi connectivity index (χ1n) is 6.17. The minimum Gasteiger partial charge on any atom is -0.478 e. The number of halogens is 1. The van der Waals surface area contributed by atoms with Crippen molar-refractivity contribution in [3.05, 3.63) is 22.8 Å². The number of hydrogen-bond acceptors (Lipinski definition) is 3. The minimum atomic E-state index is -1.04. The normalized spacial score (nSPS) is 10.3. The summed E-state index contributed by atoms with van der Waals surface area (Å²) in [7, 11) is 0. The summed E-state index contributed by atoms with van der Waals surface area (Å²) in [5.41, 5.74) is 0.0935. The largest absolute Gasteiger partial charge is 0.478 e. The molecule has 100 valence electrons. The summed E-state index contributed by atoms with van der Waals surface area (Å²) in [6.07, 6.45) is 5.69. The molecule has 1 heterocycles. The molecule has 1 N–H and O–H groups in total. The second-order valence-electron chi connectivity index (χ2n) is 4.08. The highest BCUT2D eigenvalue weighted by Gasteiger charge is 2.08. The number of aromatic carboxylic acids is 1. The first-order valence-corrected chi connectivity index (χ1v) is 6.55. The van der Waals surface area contributed by atoms with E-state index in [0.717, 1.165) is 12.8 Å². The van der Waals surface area contributed by atoms with Crippen LogP contribution in [-0.2, 0) is 0 Å². The molecule has 5 heteroatoms. The maximum atomic E-state index is 10.8. The van der Waals surface area contributed by atoms with E-state index in [0.29, 0.717) is 6.61 Å². The van der Waals surface area contributed by atoms with E-state index in [2.05, 4.69) is 11.9 Å². The van der Waals surface area contributed by atoms with Gasteiger partial charge in [-0.1, -0.05) is 44.2 Å². The molecule has 0 spiro atoms. The van der Waals surface area contributed by atoms with E-state index in [1.807, 2.05) is 0 Å². The van der Waals surface area contributed by atoms with Crippen LogP contribution in [0.1, 0.15) is 49.4 Å². The van der Waals surface area contributed by atoms with Crippen LogP contribution in [0.15, 0.2) is 12.1 Å². The van der Waals surface area contributed by atoms with E-state index in [9.17, 15) is 4.79 Å². The SMILES string of the molecule is CCCCCCCOc1cc(C(=O)O)cc(Cl)n1. The molecule has 0 radical (unpaired) electrons. The molecule has 4 nitrogen and oxygen atoms in total. The Balaban J connectivity index is 2.40. The highest BCUT2D eigenvalue weighted by molar-refractivity contribution is 6.29. The van der Waals surface area contributed by atoms with E-state index >= 15 is 0 Å². The number of pyridine rings is 1. The van der Waals surface area contributed by atoms with Crippen molar-refractivity contribution in [2.24, 2.45) is 0 Å². The number of ether oxygens (including phenoxy) is 1. The Hall–Kier alpha value is -1.29. The van der Waals surface area contributed by atoms with Gasteiger partial charge in [-0.2, -0.15) is 0 Å². The van der Waals surface area contributed by atoms with Gasteiger partial charge in [-0.05, 0) is 12.5 Å². The van der Waals surface area contributed by atoms with E-state index in [1.165, 1.54) is 31.4 Å². The first-order chi connectivity index (χ1) is 8.63. The lowest BCUT2D eigenvalue weighted by atomic mass is 10.2. The molecule has 0 aliphatic heterocycles. The van der Waals surface area contributed by atoms with Gasteiger partial charge in [-0.15, -0.1) is 0 Å². The Morgan fingerprint density at radius 2 is 2.06 bits per heavy atom. The van der Waals surface area contributed by atoms with Crippen molar-refractivity contribution in [2.45, 2.75) is 39.0 Å². The number of carboxylic acids is 1. The van der Waals surface area contributed by atoms with Gasteiger partial charge < -0.3 is 9.84 Å². The number of nitrogens with zero attached hydrogens (tertiary/aromatic N) is 1. The van der Waals surface area contributed by atoms with Gasteiger partial charge in [0.25, 0.3) is 0 Å². The molecule has 0 bridgehead atoms. The van der Waals surface area contributed by atoms with E-state index in [-0.39, 0.29) is 16.6 Å². The van der Waals surface area contributed by atoms with Gasteiger partial charge in [0, 0.05) is 6.07 Å². The Morgan fingerprint density at radius 3 is 2.72 bits per heavy atom. The van der Waals surface area contributed by atoms with Crippen LogP contribution in [0.5, 0.6) is 5.88 Å². The van der Waals surface area contributed by atoms with Crippen LogP contribution in [-0.4, -0.2) is 22.7 Å². The minimum absolute atomic E-state index is 0.0935. The average molecular weight is 272 g/mol. The molecule has 1 rings (SSSR count). The fourth-order valence-corrected chi connectivity index (χ4v) is 1.75. The van der Waals surface area contributed by atoms with Gasteiger partial charge in [0.15, 0.2) is 0 Å². The Morgan fingerprint density at radius 1 is 1.33 bits per heavy atom. The van der Waals surface area contributed by atoms with Crippen LogP contribution < -0.4 is 4.74 Å². The maximum Gasteiger partial charge on any atom is 0.335 e. The van der Waals surface area contributed by atoms with Gasteiger partial charge in [0.05, 0.1) is 12.2 Å². The zero-order chi connectivity index (χ0) is 13.4. The van der Waals surface area contributed by atoms with Crippen LogP contribution in [0.3, 0.4) is 0 Å². The van der Waals surface area contributed by atoms with Crippen molar-refractivity contribution in [3.63, 3.8) is 0 Å². The quantitative estimate of drug-likeness (QED) is 0.577. The summed E-state index contributed by atoms with van der Waals surface area (Å²) in [4.78, 5) is 14.7. The van der Waals surface area contributed by atoms with E-state index in [4.69, 9.17) is 21.4 Å². The number of unbranched alkanes of at least 4 members (excludes halogenated alkanes) is 4. The Kier molecular flexibility index (Phi) is 6.50. The smallest absolute Gasteiger partial charge is 0.335 e. The van der Waals surface area contributed by atoms with E-state index < -0.39 is 5.97 Å². The van der Waals surface area contributed by atoms with E-state index in [1.54, 1.807) is 0 Å². The summed E-state index contributed by atoms with van der Waals surface area (Å²) in [6, 6.07) is 2.69. The molecule has 0 saturated heterocycles. The van der Waals surface area contributed by atoms with Crippen molar-refractivity contribution in [2.75, 3.05) is 6.61 Å². The molecule has 0 atom stereocenters. The van der Waals surface area contributed by atoms with Gasteiger partial charge >= 0.3 is 5.97 Å². The van der Waals surface area contributed by atoms with Crippen LogP contribution >= 0.6 is 11.6 Å². The van der Waals surface area contributed by atoms with Gasteiger partial charge in [0.1, 0.15) is 5.15 Å². The summed E-state index contributed by atoms with van der Waals surface area (Å²) in [5.74, 6) is -0.762. The van der Waals surface area contributed by atoms with Gasteiger partial charge in [0.2, 0.25) is 5.88 Å². The van der Waals surface area contributed by atoms with Gasteiger partial charge in [-0.3, -0.25) is 0 Å². The van der Waals surface area contributed by atoms with Crippen LogP contribution in [0, 0.1) is 0 Å². The summed E-state index contributed by atoms with van der Waals surface area (Å²) in [5, 5.41) is 9.00. The first kappa shape index (κ1) is 14.8. The van der Waals surface area contributed by atoms with Crippen molar-refractivity contribution in [1.29, 1.82) is 0 Å². The van der Waals surface area contributed by atoms with Crippen LogP contribution in [0.4, 0.5) is 0 Å². The summed E-state index contributed by atoms with van der Waals surface area (Å²) < 4.78 is 5.40. The van der Waals surface area contributed by atoms with Crippen molar-refractivity contribution in [3.8, 4) is 5.88 Å². The lowest BCUT2D eigenvalue weighted by molar-refractivity contribution is 0.0696. The predicted octanol–water partition coefficient (Wildman–Crippen LogP) is 3.78. The maximum absolute atomic E-state index is 10.8. The molecular weight excluding hydrogens is 254 g/mol. The third-order valence-electron chi connectivity index (χ3n) is 2.52. The second kappa shape index (κ2) is 7.93. The molecule has 0 aliphatic rings. The molecule has 1 aromatic rings. The number of hydrogen-bond donors (Lipinski definition) is 1. The molecule has 1 aromatic heterocycles. The van der Waals surface area contributed by atoms with Crippen LogP contribution in [0.25, 0.3) is 0 Å². The van der Waals surface area contributed by atoms with Crippen LogP contribution in [0.2, 0.25) is 5.15 Å². The summed E-state index contributed by atoms with van der Waals surface area (Å²) >= 11 is 5.72. The molecule has 0 unspecified atom stereocenters. The number of aromatic nitrogens is 1.